The number of carbonyl (C=O) groups is 2. The smallest absolute Gasteiger partial charge is 0.352 e. The molecule has 1 aromatic rings. The molecule has 0 spiro atoms. The fraction of sp³-hybridized carbons (Fsp3) is 0.500. The summed E-state index contributed by atoms with van der Waals surface area (Å²) in [6.07, 6.45) is -3.20. The molecule has 0 aliphatic carbocycles. The van der Waals surface area contributed by atoms with Crippen molar-refractivity contribution in [3.8, 4) is 0 Å². The fourth-order valence-corrected chi connectivity index (χ4v) is 2.50. The number of benzene rings is 1. The molecule has 5 nitrogen and oxygen atoms in total. The maximum atomic E-state index is 13.1. The van der Waals surface area contributed by atoms with Gasteiger partial charge in [0.25, 0.3) is 5.91 Å². The standard InChI is InChI=1S/C16H20F3N3O2/c1-10(20)4-5-21-15(24)11-7-12(16(17,18)19)9-13(8-11)22-6-2-3-14(22)23/h7-10H,2-6,20H2,1H3,(H,21,24). The van der Waals surface area contributed by atoms with Crippen molar-refractivity contribution in [3.63, 3.8) is 0 Å². The van der Waals surface area contributed by atoms with Gasteiger partial charge in [0, 0.05) is 36.8 Å². The molecular weight excluding hydrogens is 323 g/mol. The number of halogens is 3. The average molecular weight is 343 g/mol. The van der Waals surface area contributed by atoms with Gasteiger partial charge in [0.2, 0.25) is 5.91 Å². The van der Waals surface area contributed by atoms with Crippen LogP contribution in [0.4, 0.5) is 18.9 Å². The Bertz CT molecular complexity index is 629. The summed E-state index contributed by atoms with van der Waals surface area (Å²) in [5.74, 6) is -0.854. The van der Waals surface area contributed by atoms with Crippen molar-refractivity contribution in [3.05, 3.63) is 29.3 Å². The summed E-state index contributed by atoms with van der Waals surface area (Å²) < 4.78 is 39.3. The van der Waals surface area contributed by atoms with Crippen LogP contribution in [0.2, 0.25) is 0 Å². The monoisotopic (exact) mass is 343 g/mol. The molecular formula is C16H20F3N3O2. The van der Waals surface area contributed by atoms with E-state index in [2.05, 4.69) is 5.32 Å². The first kappa shape index (κ1) is 18.3. The van der Waals surface area contributed by atoms with Crippen molar-refractivity contribution in [2.45, 2.75) is 38.4 Å². The number of amides is 2. The van der Waals surface area contributed by atoms with Crippen molar-refractivity contribution in [1.29, 1.82) is 0 Å². The van der Waals surface area contributed by atoms with Crippen LogP contribution >= 0.6 is 0 Å². The Morgan fingerprint density at radius 1 is 1.38 bits per heavy atom. The Labute approximate surface area is 138 Å². The molecule has 24 heavy (non-hydrogen) atoms. The Hall–Kier alpha value is -2.09. The summed E-state index contributed by atoms with van der Waals surface area (Å²) in [6.45, 7) is 2.39. The van der Waals surface area contributed by atoms with Gasteiger partial charge in [-0.05, 0) is 38.0 Å². The van der Waals surface area contributed by atoms with E-state index in [0.717, 1.165) is 12.1 Å². The van der Waals surface area contributed by atoms with Crippen LogP contribution in [-0.2, 0) is 11.0 Å². The minimum atomic E-state index is -4.60. The zero-order valence-electron chi connectivity index (χ0n) is 13.3. The van der Waals surface area contributed by atoms with E-state index in [1.807, 2.05) is 0 Å². The lowest BCUT2D eigenvalue weighted by Crippen LogP contribution is -2.30. The lowest BCUT2D eigenvalue weighted by atomic mass is 10.1. The van der Waals surface area contributed by atoms with E-state index < -0.39 is 17.6 Å². The summed E-state index contributed by atoms with van der Waals surface area (Å²) in [4.78, 5) is 25.2. The molecule has 1 aliphatic rings. The van der Waals surface area contributed by atoms with E-state index in [-0.39, 0.29) is 29.7 Å². The summed E-state index contributed by atoms with van der Waals surface area (Å²) in [5.41, 5.74) is 4.61. The number of anilines is 1. The van der Waals surface area contributed by atoms with Crippen molar-refractivity contribution >= 4 is 17.5 Å². The van der Waals surface area contributed by atoms with Gasteiger partial charge in [-0.2, -0.15) is 13.2 Å². The number of rotatable bonds is 5. The van der Waals surface area contributed by atoms with Gasteiger partial charge < -0.3 is 16.0 Å². The van der Waals surface area contributed by atoms with Crippen molar-refractivity contribution < 1.29 is 22.8 Å². The molecule has 132 valence electrons. The summed E-state index contributed by atoms with van der Waals surface area (Å²) in [5, 5.41) is 2.55. The number of alkyl halides is 3. The zero-order chi connectivity index (χ0) is 17.9. The van der Waals surface area contributed by atoms with E-state index in [1.54, 1.807) is 6.92 Å². The Morgan fingerprint density at radius 3 is 2.62 bits per heavy atom. The van der Waals surface area contributed by atoms with Crippen LogP contribution in [0.3, 0.4) is 0 Å². The maximum absolute atomic E-state index is 13.1. The highest BCUT2D eigenvalue weighted by atomic mass is 19.4. The van der Waals surface area contributed by atoms with Gasteiger partial charge in [-0.1, -0.05) is 0 Å². The number of carbonyl (C=O) groups excluding carboxylic acids is 2. The maximum Gasteiger partial charge on any atom is 0.416 e. The zero-order valence-corrected chi connectivity index (χ0v) is 13.3. The molecule has 1 unspecified atom stereocenters. The molecule has 1 heterocycles. The highest BCUT2D eigenvalue weighted by molar-refractivity contribution is 5.99. The first-order valence-electron chi connectivity index (χ1n) is 7.75. The first-order chi connectivity index (χ1) is 11.2. The van der Waals surface area contributed by atoms with Crippen molar-refractivity contribution in [2.24, 2.45) is 5.73 Å². The van der Waals surface area contributed by atoms with E-state index in [0.29, 0.717) is 25.8 Å². The third-order valence-corrected chi connectivity index (χ3v) is 3.78. The highest BCUT2D eigenvalue weighted by Crippen LogP contribution is 2.34. The second kappa shape index (κ2) is 7.21. The quantitative estimate of drug-likeness (QED) is 0.861. The lowest BCUT2D eigenvalue weighted by Gasteiger charge is -2.19. The molecule has 8 heteroatoms. The molecule has 1 atom stereocenters. The summed E-state index contributed by atoms with van der Waals surface area (Å²) in [7, 11) is 0. The fourth-order valence-electron chi connectivity index (χ4n) is 2.50. The number of nitrogens with two attached hydrogens (primary N) is 1. The molecule has 2 amide bonds. The number of nitrogens with one attached hydrogen (secondary N) is 1. The van der Waals surface area contributed by atoms with Crippen LogP contribution in [0.25, 0.3) is 0 Å². The molecule has 1 aliphatic heterocycles. The lowest BCUT2D eigenvalue weighted by molar-refractivity contribution is -0.137. The molecule has 0 aromatic heterocycles. The first-order valence-corrected chi connectivity index (χ1v) is 7.75. The van der Waals surface area contributed by atoms with E-state index >= 15 is 0 Å². The van der Waals surface area contributed by atoms with Gasteiger partial charge in [-0.25, -0.2) is 0 Å². The molecule has 3 N–H and O–H groups in total. The Kier molecular flexibility index (Phi) is 5.48. The van der Waals surface area contributed by atoms with Crippen molar-refractivity contribution in [1.82, 2.24) is 5.32 Å². The molecule has 0 bridgehead atoms. The highest BCUT2D eigenvalue weighted by Gasteiger charge is 2.33. The van der Waals surface area contributed by atoms with Gasteiger partial charge in [-0.15, -0.1) is 0 Å². The Morgan fingerprint density at radius 2 is 2.08 bits per heavy atom. The predicted octanol–water partition coefficient (Wildman–Crippen LogP) is 2.30. The van der Waals surface area contributed by atoms with Crippen LogP contribution in [0, 0.1) is 0 Å². The minimum absolute atomic E-state index is 0.102. The SMILES string of the molecule is CC(N)CCNC(=O)c1cc(N2CCCC2=O)cc(C(F)(F)F)c1. The largest absolute Gasteiger partial charge is 0.416 e. The third kappa shape index (κ3) is 4.47. The summed E-state index contributed by atoms with van der Waals surface area (Å²) >= 11 is 0. The second-order valence-corrected chi connectivity index (χ2v) is 5.94. The van der Waals surface area contributed by atoms with E-state index in [1.165, 1.54) is 11.0 Å². The van der Waals surface area contributed by atoms with Crippen molar-refractivity contribution in [2.75, 3.05) is 18.0 Å². The van der Waals surface area contributed by atoms with E-state index in [9.17, 15) is 22.8 Å². The minimum Gasteiger partial charge on any atom is -0.352 e. The van der Waals surface area contributed by atoms with Crippen LogP contribution in [0.15, 0.2) is 18.2 Å². The number of hydrogen-bond donors (Lipinski definition) is 2. The summed E-state index contributed by atoms with van der Waals surface area (Å²) in [6, 6.07) is 2.90. The molecule has 1 saturated heterocycles. The van der Waals surface area contributed by atoms with Gasteiger partial charge in [-0.3, -0.25) is 9.59 Å². The molecule has 0 saturated carbocycles. The second-order valence-electron chi connectivity index (χ2n) is 5.94. The van der Waals surface area contributed by atoms with Crippen LogP contribution in [0.1, 0.15) is 42.1 Å². The van der Waals surface area contributed by atoms with Crippen LogP contribution in [0.5, 0.6) is 0 Å². The van der Waals surface area contributed by atoms with Gasteiger partial charge in [0.15, 0.2) is 0 Å². The van der Waals surface area contributed by atoms with Crippen LogP contribution in [-0.4, -0.2) is 30.9 Å². The third-order valence-electron chi connectivity index (χ3n) is 3.78. The number of hydrogen-bond acceptors (Lipinski definition) is 3. The molecule has 1 aromatic carbocycles. The average Bonchev–Trinajstić information content (AvgIpc) is 2.91. The number of nitrogens with zero attached hydrogens (tertiary/aromatic N) is 1. The van der Waals surface area contributed by atoms with Gasteiger partial charge in [0.1, 0.15) is 0 Å². The topological polar surface area (TPSA) is 75.4 Å². The van der Waals surface area contributed by atoms with Gasteiger partial charge in [0.05, 0.1) is 5.56 Å². The molecule has 2 rings (SSSR count). The normalized spacial score (nSPS) is 16.4. The van der Waals surface area contributed by atoms with Gasteiger partial charge >= 0.3 is 6.18 Å². The molecule has 0 radical (unpaired) electrons. The Balaban J connectivity index is 2.29. The van der Waals surface area contributed by atoms with E-state index in [4.69, 9.17) is 5.73 Å². The van der Waals surface area contributed by atoms with Crippen LogP contribution < -0.4 is 16.0 Å². The molecule has 1 fully saturated rings. The predicted molar refractivity (Wildman–Crippen MR) is 83.6 cm³/mol.